The summed E-state index contributed by atoms with van der Waals surface area (Å²) >= 11 is 0. The minimum atomic E-state index is -4.59. The molecule has 0 saturated carbocycles. The van der Waals surface area contributed by atoms with E-state index in [2.05, 4.69) is 5.32 Å². The van der Waals surface area contributed by atoms with Crippen molar-refractivity contribution < 1.29 is 17.2 Å². The van der Waals surface area contributed by atoms with Crippen LogP contribution < -0.4 is 10.2 Å². The Morgan fingerprint density at radius 2 is 1.90 bits per heavy atom. The van der Waals surface area contributed by atoms with E-state index >= 15 is 0 Å². The van der Waals surface area contributed by atoms with E-state index in [1.807, 2.05) is 14.0 Å². The molecule has 0 amide bonds. The second-order valence-corrected chi connectivity index (χ2v) is 6.70. The molecule has 1 unspecified atom stereocenters. The summed E-state index contributed by atoms with van der Waals surface area (Å²) in [6.45, 7) is 3.32. The van der Waals surface area contributed by atoms with Crippen molar-refractivity contribution in [3.8, 4) is 0 Å². The first-order valence-electron chi connectivity index (χ1n) is 6.27. The number of para-hydroxylation sites is 1. The number of rotatable bonds is 7. The number of hydrogen-bond acceptors (Lipinski definition) is 4. The smallest absolute Gasteiger partial charge is 0.341 e. The van der Waals surface area contributed by atoms with Gasteiger partial charge in [0, 0.05) is 13.6 Å². The van der Waals surface area contributed by atoms with Crippen LogP contribution in [0.5, 0.6) is 0 Å². The fraction of sp³-hybridized carbons (Fsp3) is 0.538. The normalized spacial score (nSPS) is 13.5. The molecular formula is C13H20F2N2O2S. The lowest BCUT2D eigenvalue weighted by Crippen LogP contribution is -2.30. The molecule has 0 aromatic heterocycles. The number of hydrogen-bond donors (Lipinski definition) is 1. The zero-order chi connectivity index (χ0) is 15.3. The third-order valence-electron chi connectivity index (χ3n) is 2.96. The summed E-state index contributed by atoms with van der Waals surface area (Å²) in [5, 5.41) is 3.02. The van der Waals surface area contributed by atoms with E-state index in [1.165, 1.54) is 12.1 Å². The van der Waals surface area contributed by atoms with Gasteiger partial charge in [0.2, 0.25) is 9.84 Å². The first kappa shape index (κ1) is 16.8. The molecule has 0 spiro atoms. The highest BCUT2D eigenvalue weighted by Crippen LogP contribution is 2.28. The Balaban J connectivity index is 3.08. The van der Waals surface area contributed by atoms with Crippen molar-refractivity contribution in [2.75, 3.05) is 32.1 Å². The fourth-order valence-electron chi connectivity index (χ4n) is 2.09. The van der Waals surface area contributed by atoms with Gasteiger partial charge in [0.05, 0.1) is 10.6 Å². The summed E-state index contributed by atoms with van der Waals surface area (Å²) in [7, 11) is -1.07. The highest BCUT2D eigenvalue weighted by Gasteiger charge is 2.30. The molecule has 20 heavy (non-hydrogen) atoms. The maximum Gasteiger partial charge on any atom is 0.341 e. The molecule has 4 nitrogen and oxygen atoms in total. The van der Waals surface area contributed by atoms with Gasteiger partial charge in [0.15, 0.2) is 0 Å². The topological polar surface area (TPSA) is 49.4 Å². The number of nitrogens with one attached hydrogen (secondary N) is 1. The van der Waals surface area contributed by atoms with E-state index in [4.69, 9.17) is 0 Å². The van der Waals surface area contributed by atoms with Crippen LogP contribution in [0.25, 0.3) is 0 Å². The van der Waals surface area contributed by atoms with Crippen LogP contribution in [0.2, 0.25) is 0 Å². The van der Waals surface area contributed by atoms with E-state index in [0.29, 0.717) is 12.2 Å². The SMILES string of the molecule is CNCC(C)CN(C)c1ccccc1S(=O)(=O)C(F)F. The van der Waals surface area contributed by atoms with Crippen molar-refractivity contribution >= 4 is 15.5 Å². The monoisotopic (exact) mass is 306 g/mol. The lowest BCUT2D eigenvalue weighted by molar-refractivity contribution is 0.235. The van der Waals surface area contributed by atoms with Crippen molar-refractivity contribution in [1.29, 1.82) is 0 Å². The number of sulfone groups is 1. The van der Waals surface area contributed by atoms with Crippen LogP contribution in [-0.2, 0) is 9.84 Å². The molecular weight excluding hydrogens is 286 g/mol. The molecule has 0 fully saturated rings. The summed E-state index contributed by atoms with van der Waals surface area (Å²) in [5.74, 6) is -3.15. The van der Waals surface area contributed by atoms with Gasteiger partial charge in [-0.1, -0.05) is 19.1 Å². The predicted octanol–water partition coefficient (Wildman–Crippen LogP) is 1.97. The van der Waals surface area contributed by atoms with Gasteiger partial charge >= 0.3 is 5.76 Å². The lowest BCUT2D eigenvalue weighted by Gasteiger charge is -2.25. The van der Waals surface area contributed by atoms with Crippen LogP contribution >= 0.6 is 0 Å². The highest BCUT2D eigenvalue weighted by atomic mass is 32.2. The molecule has 1 aromatic carbocycles. The molecule has 0 aliphatic rings. The Morgan fingerprint density at radius 1 is 1.30 bits per heavy atom. The zero-order valence-electron chi connectivity index (χ0n) is 11.8. The minimum Gasteiger partial charge on any atom is -0.373 e. The van der Waals surface area contributed by atoms with E-state index in [0.717, 1.165) is 6.54 Å². The van der Waals surface area contributed by atoms with Crippen molar-refractivity contribution in [2.45, 2.75) is 17.6 Å². The Labute approximate surface area is 118 Å². The molecule has 1 N–H and O–H groups in total. The fourth-order valence-corrected chi connectivity index (χ4v) is 3.06. The van der Waals surface area contributed by atoms with Crippen LogP contribution in [0.4, 0.5) is 14.5 Å². The van der Waals surface area contributed by atoms with E-state index < -0.39 is 15.6 Å². The molecule has 0 saturated heterocycles. The number of alkyl halides is 2. The van der Waals surface area contributed by atoms with Crippen LogP contribution in [-0.4, -0.2) is 41.4 Å². The Hall–Kier alpha value is -1.21. The third-order valence-corrected chi connectivity index (χ3v) is 4.38. The van der Waals surface area contributed by atoms with Gasteiger partial charge in [-0.2, -0.15) is 8.78 Å². The number of benzene rings is 1. The molecule has 0 radical (unpaired) electrons. The average molecular weight is 306 g/mol. The quantitative estimate of drug-likeness (QED) is 0.837. The van der Waals surface area contributed by atoms with Gasteiger partial charge in [-0.3, -0.25) is 0 Å². The maximum absolute atomic E-state index is 12.7. The van der Waals surface area contributed by atoms with Crippen molar-refractivity contribution in [3.63, 3.8) is 0 Å². The summed E-state index contributed by atoms with van der Waals surface area (Å²) in [6.07, 6.45) is 0. The maximum atomic E-state index is 12.7. The summed E-state index contributed by atoms with van der Waals surface area (Å²) in [5.41, 5.74) is 0.302. The van der Waals surface area contributed by atoms with Crippen LogP contribution in [0.3, 0.4) is 0 Å². The number of anilines is 1. The summed E-state index contributed by atoms with van der Waals surface area (Å²) in [4.78, 5) is 1.37. The molecule has 1 atom stereocenters. The highest BCUT2D eigenvalue weighted by molar-refractivity contribution is 7.91. The molecule has 0 heterocycles. The van der Waals surface area contributed by atoms with E-state index in [-0.39, 0.29) is 10.8 Å². The number of nitrogens with zero attached hydrogens (tertiary/aromatic N) is 1. The van der Waals surface area contributed by atoms with E-state index in [1.54, 1.807) is 24.1 Å². The Morgan fingerprint density at radius 3 is 2.45 bits per heavy atom. The van der Waals surface area contributed by atoms with Gasteiger partial charge in [0.25, 0.3) is 0 Å². The Bertz CT molecular complexity index is 535. The standard InChI is InChI=1S/C13H20F2N2O2S/c1-10(8-16-2)9-17(3)11-6-4-5-7-12(11)20(18,19)13(14)15/h4-7,10,13,16H,8-9H2,1-3H3. The van der Waals surface area contributed by atoms with Gasteiger partial charge in [-0.15, -0.1) is 0 Å². The van der Waals surface area contributed by atoms with Crippen molar-refractivity contribution in [1.82, 2.24) is 5.32 Å². The molecule has 7 heteroatoms. The minimum absolute atomic E-state index is 0.257. The van der Waals surface area contributed by atoms with Crippen LogP contribution in [0, 0.1) is 5.92 Å². The lowest BCUT2D eigenvalue weighted by atomic mass is 10.1. The third kappa shape index (κ3) is 3.89. The second kappa shape index (κ2) is 6.99. The van der Waals surface area contributed by atoms with Gasteiger partial charge in [0.1, 0.15) is 0 Å². The summed E-state index contributed by atoms with van der Waals surface area (Å²) in [6, 6.07) is 5.85. The molecule has 1 rings (SSSR count). The first-order chi connectivity index (χ1) is 9.30. The molecule has 114 valence electrons. The largest absolute Gasteiger partial charge is 0.373 e. The predicted molar refractivity (Wildman–Crippen MR) is 76.0 cm³/mol. The van der Waals surface area contributed by atoms with Crippen LogP contribution in [0.15, 0.2) is 29.2 Å². The van der Waals surface area contributed by atoms with Crippen LogP contribution in [0.1, 0.15) is 6.92 Å². The summed E-state index contributed by atoms with van der Waals surface area (Å²) < 4.78 is 48.8. The Kier molecular flexibility index (Phi) is 5.88. The average Bonchev–Trinajstić information content (AvgIpc) is 2.38. The van der Waals surface area contributed by atoms with E-state index in [9.17, 15) is 17.2 Å². The molecule has 0 bridgehead atoms. The molecule has 0 aliphatic heterocycles. The van der Waals surface area contributed by atoms with Gasteiger partial charge in [-0.05, 0) is 31.6 Å². The zero-order valence-corrected chi connectivity index (χ0v) is 12.6. The first-order valence-corrected chi connectivity index (χ1v) is 7.82. The number of halogens is 2. The molecule has 0 aliphatic carbocycles. The van der Waals surface area contributed by atoms with Crippen molar-refractivity contribution in [3.05, 3.63) is 24.3 Å². The molecule has 1 aromatic rings. The van der Waals surface area contributed by atoms with Gasteiger partial charge in [-0.25, -0.2) is 8.42 Å². The van der Waals surface area contributed by atoms with Gasteiger partial charge < -0.3 is 10.2 Å². The van der Waals surface area contributed by atoms with Crippen molar-refractivity contribution in [2.24, 2.45) is 5.92 Å². The second-order valence-electron chi connectivity index (χ2n) is 4.82.